The van der Waals surface area contributed by atoms with Crippen LogP contribution in [-0.2, 0) is 14.0 Å². The van der Waals surface area contributed by atoms with E-state index in [2.05, 4.69) is 10.3 Å². The van der Waals surface area contributed by atoms with Crippen molar-refractivity contribution in [1.82, 2.24) is 10.3 Å². The van der Waals surface area contributed by atoms with Crippen LogP contribution in [0.2, 0.25) is 0 Å². The zero-order chi connectivity index (χ0) is 20.5. The maximum atomic E-state index is 12.0. The molecule has 8 heteroatoms. The predicted octanol–water partition coefficient (Wildman–Crippen LogP) is 2.91. The predicted molar refractivity (Wildman–Crippen MR) is 105 cm³/mol. The molecule has 1 aromatic rings. The molecule has 1 aromatic heterocycles. The van der Waals surface area contributed by atoms with Crippen molar-refractivity contribution in [1.29, 1.82) is 0 Å². The largest absolute Gasteiger partial charge is 0.492 e. The van der Waals surface area contributed by atoms with E-state index in [4.69, 9.17) is 14.0 Å². The number of alkyl carbamates (subject to hydrolysis) is 1. The van der Waals surface area contributed by atoms with Crippen molar-refractivity contribution < 1.29 is 18.8 Å². The summed E-state index contributed by atoms with van der Waals surface area (Å²) in [5.41, 5.74) is -0.463. The summed E-state index contributed by atoms with van der Waals surface area (Å²) in [5, 5.41) is 2.73. The summed E-state index contributed by atoms with van der Waals surface area (Å²) in [6.45, 7) is 13.4. The van der Waals surface area contributed by atoms with Crippen LogP contribution in [0.3, 0.4) is 0 Å². The number of amides is 1. The second kappa shape index (κ2) is 7.52. The highest BCUT2D eigenvalue weighted by Gasteiger charge is 2.52. The van der Waals surface area contributed by atoms with Gasteiger partial charge in [-0.05, 0) is 65.6 Å². The molecule has 27 heavy (non-hydrogen) atoms. The van der Waals surface area contributed by atoms with Crippen LogP contribution in [0.4, 0.5) is 4.79 Å². The van der Waals surface area contributed by atoms with Gasteiger partial charge in [-0.3, -0.25) is 4.79 Å². The Morgan fingerprint density at radius 1 is 1.26 bits per heavy atom. The fourth-order valence-electron chi connectivity index (χ4n) is 2.45. The smallest absolute Gasteiger partial charge is 0.444 e. The first kappa shape index (κ1) is 21.2. The topological polar surface area (TPSA) is 89.7 Å². The van der Waals surface area contributed by atoms with E-state index in [1.165, 1.54) is 6.07 Å². The quantitative estimate of drug-likeness (QED) is 0.789. The molecule has 0 unspecified atom stereocenters. The Balaban J connectivity index is 2.25. The summed E-state index contributed by atoms with van der Waals surface area (Å²) in [5.74, 6) is 0. The molecule has 0 aliphatic carbocycles. The first-order chi connectivity index (χ1) is 12.3. The Labute approximate surface area is 160 Å². The van der Waals surface area contributed by atoms with Crippen molar-refractivity contribution in [2.75, 3.05) is 6.54 Å². The van der Waals surface area contributed by atoms with Crippen LogP contribution in [0.5, 0.6) is 0 Å². The van der Waals surface area contributed by atoms with Gasteiger partial charge in [0.15, 0.2) is 0 Å². The first-order valence-electron chi connectivity index (χ1n) is 9.01. The number of aromatic nitrogens is 1. The Hall–Kier alpha value is -2.06. The van der Waals surface area contributed by atoms with Gasteiger partial charge in [0.2, 0.25) is 5.56 Å². The summed E-state index contributed by atoms with van der Waals surface area (Å²) >= 11 is 0. The van der Waals surface area contributed by atoms with E-state index in [0.717, 1.165) is 0 Å². The van der Waals surface area contributed by atoms with Gasteiger partial charge < -0.3 is 24.3 Å². The third kappa shape index (κ3) is 5.71. The number of rotatable bonds is 4. The average molecular weight is 376 g/mol. The molecule has 7 nitrogen and oxygen atoms in total. The second-order valence-electron chi connectivity index (χ2n) is 8.65. The zero-order valence-electron chi connectivity index (χ0n) is 17.1. The summed E-state index contributed by atoms with van der Waals surface area (Å²) in [4.78, 5) is 26.2. The van der Waals surface area contributed by atoms with Gasteiger partial charge in [0.05, 0.1) is 11.2 Å². The summed E-state index contributed by atoms with van der Waals surface area (Å²) in [6, 6.07) is 3.23. The number of carbonyl (C=O) groups excluding carboxylic acids is 1. The van der Waals surface area contributed by atoms with E-state index in [-0.39, 0.29) is 12.1 Å². The molecule has 0 spiro atoms. The number of pyridine rings is 1. The molecule has 2 heterocycles. The van der Waals surface area contributed by atoms with Crippen LogP contribution < -0.4 is 10.9 Å². The molecular weight excluding hydrogens is 347 g/mol. The summed E-state index contributed by atoms with van der Waals surface area (Å²) in [7, 11) is -0.649. The Morgan fingerprint density at radius 2 is 1.85 bits per heavy atom. The van der Waals surface area contributed by atoms with E-state index in [1.54, 1.807) is 39.1 Å². The van der Waals surface area contributed by atoms with Gasteiger partial charge in [-0.1, -0.05) is 6.08 Å². The van der Waals surface area contributed by atoms with Gasteiger partial charge in [0, 0.05) is 18.8 Å². The van der Waals surface area contributed by atoms with Crippen molar-refractivity contribution in [3.8, 4) is 0 Å². The number of H-pyrrole nitrogens is 1. The van der Waals surface area contributed by atoms with Crippen molar-refractivity contribution >= 4 is 19.3 Å². The van der Waals surface area contributed by atoms with Crippen molar-refractivity contribution in [3.63, 3.8) is 0 Å². The number of ether oxygens (including phenoxy) is 1. The van der Waals surface area contributed by atoms with Gasteiger partial charge >= 0.3 is 13.2 Å². The Morgan fingerprint density at radius 3 is 2.37 bits per heavy atom. The molecule has 1 amide bonds. The highest BCUT2D eigenvalue weighted by Crippen LogP contribution is 2.38. The number of carbonyl (C=O) groups is 1. The van der Waals surface area contributed by atoms with Crippen molar-refractivity contribution in [2.24, 2.45) is 0 Å². The minimum Gasteiger partial charge on any atom is -0.444 e. The lowest BCUT2D eigenvalue weighted by Gasteiger charge is -2.32. The molecule has 0 atom stereocenters. The van der Waals surface area contributed by atoms with Crippen LogP contribution in [0.1, 0.15) is 54.0 Å². The first-order valence-corrected chi connectivity index (χ1v) is 9.01. The molecule has 0 bridgehead atoms. The normalized spacial score (nSPS) is 19.1. The summed E-state index contributed by atoms with van der Waals surface area (Å²) in [6.07, 6.45) is 2.82. The molecular formula is C19H29BN2O5. The van der Waals surface area contributed by atoms with Crippen LogP contribution in [0.25, 0.3) is 6.08 Å². The maximum Gasteiger partial charge on any atom is 0.492 e. The minimum atomic E-state index is -0.649. The number of nitrogens with one attached hydrogen (secondary N) is 2. The van der Waals surface area contributed by atoms with E-state index >= 15 is 0 Å². The average Bonchev–Trinajstić information content (AvgIpc) is 2.70. The van der Waals surface area contributed by atoms with Gasteiger partial charge in [-0.2, -0.15) is 0 Å². The molecule has 2 N–H and O–H groups in total. The number of aromatic amines is 1. The molecule has 148 valence electrons. The molecule has 1 aliphatic heterocycles. The highest BCUT2D eigenvalue weighted by molar-refractivity contribution is 6.56. The minimum absolute atomic E-state index is 0.165. The van der Waals surface area contributed by atoms with Crippen molar-refractivity contribution in [3.05, 3.63) is 39.7 Å². The molecule has 1 fully saturated rings. The Kier molecular flexibility index (Phi) is 5.92. The lowest BCUT2D eigenvalue weighted by molar-refractivity contribution is 0.00578. The third-order valence-electron chi connectivity index (χ3n) is 4.54. The molecule has 0 radical (unpaired) electrons. The standard InChI is InChI=1S/C19H29BN2O5/c1-17(2,3)25-16(24)22-12-14(10-13-8-9-21-15(23)11-13)20-26-18(4,5)19(6,7)27-20/h8-11H,12H2,1-7H3,(H,21,23)(H,22,24). The zero-order valence-corrected chi connectivity index (χ0v) is 17.1. The number of hydrogen-bond acceptors (Lipinski definition) is 5. The van der Waals surface area contributed by atoms with Gasteiger partial charge in [-0.25, -0.2) is 4.79 Å². The van der Waals surface area contributed by atoms with Crippen LogP contribution in [0, 0.1) is 0 Å². The molecule has 1 saturated heterocycles. The van der Waals surface area contributed by atoms with Crippen LogP contribution >= 0.6 is 0 Å². The van der Waals surface area contributed by atoms with Gasteiger partial charge in [0.25, 0.3) is 0 Å². The van der Waals surface area contributed by atoms with Gasteiger partial charge in [0.1, 0.15) is 5.60 Å². The van der Waals surface area contributed by atoms with Crippen molar-refractivity contribution in [2.45, 2.75) is 65.3 Å². The van der Waals surface area contributed by atoms with Crippen LogP contribution in [0.15, 0.2) is 28.6 Å². The SMILES string of the molecule is CC(C)(C)OC(=O)NCC(=Cc1cc[nH]c(=O)c1)B1OC(C)(C)C(C)(C)O1. The van der Waals surface area contributed by atoms with E-state index in [0.29, 0.717) is 11.0 Å². The number of hydrogen-bond donors (Lipinski definition) is 2. The van der Waals surface area contributed by atoms with E-state index in [9.17, 15) is 9.59 Å². The van der Waals surface area contributed by atoms with E-state index < -0.39 is 30.0 Å². The third-order valence-corrected chi connectivity index (χ3v) is 4.54. The molecule has 0 saturated carbocycles. The summed E-state index contributed by atoms with van der Waals surface area (Å²) < 4.78 is 17.5. The lowest BCUT2D eigenvalue weighted by Crippen LogP contribution is -2.41. The van der Waals surface area contributed by atoms with Crippen LogP contribution in [-0.4, -0.2) is 41.5 Å². The molecule has 0 aromatic carbocycles. The van der Waals surface area contributed by atoms with E-state index in [1.807, 2.05) is 27.7 Å². The molecule has 1 aliphatic rings. The highest BCUT2D eigenvalue weighted by atomic mass is 16.7. The lowest BCUT2D eigenvalue weighted by atomic mass is 9.77. The fraction of sp³-hybridized carbons (Fsp3) is 0.579. The van der Waals surface area contributed by atoms with Gasteiger partial charge in [-0.15, -0.1) is 0 Å². The Bertz CT molecular complexity index is 761. The fourth-order valence-corrected chi connectivity index (χ4v) is 2.45. The maximum absolute atomic E-state index is 12.0. The second-order valence-corrected chi connectivity index (χ2v) is 8.65. The molecule has 2 rings (SSSR count). The monoisotopic (exact) mass is 376 g/mol.